The summed E-state index contributed by atoms with van der Waals surface area (Å²) in [4.78, 5) is 21.3. The average molecular weight is 313 g/mol. The minimum atomic E-state index is 0. The monoisotopic (exact) mass is 312 g/mol. The Bertz CT molecular complexity index is 461. The van der Waals surface area contributed by atoms with Gasteiger partial charge >= 0.3 is 0 Å². The number of Topliss-reactive ketones (excluding diaryl/α,β-unsaturated/α-hetero) is 2. The van der Waals surface area contributed by atoms with Crippen molar-refractivity contribution in [3.8, 4) is 0 Å². The molecule has 0 aromatic heterocycles. The molecular weight excluding hydrogens is 295 g/mol. The lowest BCUT2D eigenvalue weighted by Gasteiger charge is -1.89. The summed E-state index contributed by atoms with van der Waals surface area (Å²) in [6.45, 7) is 3.13. The number of benzene rings is 2. The third-order valence-electron chi connectivity index (χ3n) is 2.36. The molecule has 20 heavy (non-hydrogen) atoms. The maximum Gasteiger partial charge on any atom is 0.159 e. The summed E-state index contributed by atoms with van der Waals surface area (Å²) < 4.78 is 0. The second kappa shape index (κ2) is 11.2. The number of halogens is 2. The Kier molecular flexibility index (Phi) is 11.6. The second-order valence-electron chi connectivity index (χ2n) is 3.84. The van der Waals surface area contributed by atoms with E-state index in [0.717, 1.165) is 11.1 Å². The van der Waals surface area contributed by atoms with Gasteiger partial charge in [0.15, 0.2) is 11.6 Å². The van der Waals surface area contributed by atoms with Gasteiger partial charge in [-0.1, -0.05) is 60.7 Å². The van der Waals surface area contributed by atoms with E-state index in [1.165, 1.54) is 0 Å². The molecule has 4 heteroatoms. The second-order valence-corrected chi connectivity index (χ2v) is 3.84. The zero-order chi connectivity index (χ0) is 13.4. The van der Waals surface area contributed by atoms with Crippen LogP contribution in [0.1, 0.15) is 34.6 Å². The molecule has 0 fully saturated rings. The lowest BCUT2D eigenvalue weighted by Crippen LogP contribution is -1.88. The Morgan fingerprint density at radius 2 is 0.850 bits per heavy atom. The SMILES string of the molecule is CC(=O)c1ccccc1.CC(=O)c1ccccc1.Cl.Cl. The van der Waals surface area contributed by atoms with Gasteiger partial charge < -0.3 is 0 Å². The van der Waals surface area contributed by atoms with Crippen molar-refractivity contribution in [2.24, 2.45) is 0 Å². The maximum absolute atomic E-state index is 10.6. The fourth-order valence-electron chi connectivity index (χ4n) is 1.35. The largest absolute Gasteiger partial charge is 0.295 e. The molecule has 0 bridgehead atoms. The van der Waals surface area contributed by atoms with Gasteiger partial charge in [-0.25, -0.2) is 0 Å². The van der Waals surface area contributed by atoms with E-state index < -0.39 is 0 Å². The smallest absolute Gasteiger partial charge is 0.159 e. The van der Waals surface area contributed by atoms with Crippen LogP contribution >= 0.6 is 24.8 Å². The molecule has 0 aliphatic carbocycles. The summed E-state index contributed by atoms with van der Waals surface area (Å²) >= 11 is 0. The number of carbonyl (C=O) groups is 2. The molecule has 0 spiro atoms. The highest BCUT2D eigenvalue weighted by Crippen LogP contribution is 1.98. The van der Waals surface area contributed by atoms with Crippen molar-refractivity contribution in [3.63, 3.8) is 0 Å². The Morgan fingerprint density at radius 1 is 0.600 bits per heavy atom. The van der Waals surface area contributed by atoms with Crippen molar-refractivity contribution >= 4 is 36.4 Å². The molecule has 0 N–H and O–H groups in total. The molecule has 0 unspecified atom stereocenters. The van der Waals surface area contributed by atoms with Gasteiger partial charge in [-0.3, -0.25) is 9.59 Å². The summed E-state index contributed by atoms with van der Waals surface area (Å²) in [5.74, 6) is 0.242. The highest BCUT2D eigenvalue weighted by Gasteiger charge is 1.93. The van der Waals surface area contributed by atoms with E-state index in [4.69, 9.17) is 0 Å². The minimum absolute atomic E-state index is 0. The van der Waals surface area contributed by atoms with Crippen LogP contribution in [0.2, 0.25) is 0 Å². The molecule has 108 valence electrons. The highest BCUT2D eigenvalue weighted by atomic mass is 35.5. The molecule has 0 aliphatic heterocycles. The van der Waals surface area contributed by atoms with E-state index in [0.29, 0.717) is 0 Å². The van der Waals surface area contributed by atoms with E-state index in [-0.39, 0.29) is 36.4 Å². The van der Waals surface area contributed by atoms with Gasteiger partial charge in [-0.05, 0) is 13.8 Å². The fraction of sp³-hybridized carbons (Fsp3) is 0.125. The van der Waals surface area contributed by atoms with Crippen LogP contribution in [0, 0.1) is 0 Å². The highest BCUT2D eigenvalue weighted by molar-refractivity contribution is 5.94. The van der Waals surface area contributed by atoms with Gasteiger partial charge in [-0.2, -0.15) is 0 Å². The van der Waals surface area contributed by atoms with Crippen molar-refractivity contribution in [2.45, 2.75) is 13.8 Å². The summed E-state index contributed by atoms with van der Waals surface area (Å²) in [7, 11) is 0. The van der Waals surface area contributed by atoms with Crippen molar-refractivity contribution < 1.29 is 9.59 Å². The van der Waals surface area contributed by atoms with Crippen LogP contribution in [0.25, 0.3) is 0 Å². The molecule has 2 aromatic rings. The lowest BCUT2D eigenvalue weighted by atomic mass is 10.2. The first-order chi connectivity index (χ1) is 8.61. The van der Waals surface area contributed by atoms with Crippen LogP contribution < -0.4 is 0 Å². The van der Waals surface area contributed by atoms with Gasteiger partial charge in [0.05, 0.1) is 0 Å². The molecule has 2 aromatic carbocycles. The summed E-state index contributed by atoms with van der Waals surface area (Å²) in [6.07, 6.45) is 0. The topological polar surface area (TPSA) is 34.1 Å². The summed E-state index contributed by atoms with van der Waals surface area (Å²) in [6, 6.07) is 18.5. The van der Waals surface area contributed by atoms with Crippen LogP contribution in [0.4, 0.5) is 0 Å². The Morgan fingerprint density at radius 3 is 1.00 bits per heavy atom. The number of hydrogen-bond acceptors (Lipinski definition) is 2. The van der Waals surface area contributed by atoms with Gasteiger partial charge in [0, 0.05) is 11.1 Å². The van der Waals surface area contributed by atoms with Crippen LogP contribution in [-0.2, 0) is 0 Å². The van der Waals surface area contributed by atoms with Crippen molar-refractivity contribution in [1.82, 2.24) is 0 Å². The van der Waals surface area contributed by atoms with E-state index in [1.54, 1.807) is 13.8 Å². The maximum atomic E-state index is 10.6. The third kappa shape index (κ3) is 7.72. The third-order valence-corrected chi connectivity index (χ3v) is 2.36. The van der Waals surface area contributed by atoms with Gasteiger partial charge in [0.2, 0.25) is 0 Å². The number of carbonyl (C=O) groups excluding carboxylic acids is 2. The van der Waals surface area contributed by atoms with Crippen molar-refractivity contribution in [3.05, 3.63) is 71.8 Å². The molecule has 0 saturated heterocycles. The van der Waals surface area contributed by atoms with Crippen LogP contribution in [-0.4, -0.2) is 11.6 Å². The minimum Gasteiger partial charge on any atom is -0.295 e. The molecule has 2 rings (SSSR count). The van der Waals surface area contributed by atoms with Crippen molar-refractivity contribution in [1.29, 1.82) is 0 Å². The molecule has 0 atom stereocenters. The first-order valence-corrected chi connectivity index (χ1v) is 5.73. The normalized spacial score (nSPS) is 8.10. The van der Waals surface area contributed by atoms with Gasteiger partial charge in [0.25, 0.3) is 0 Å². The quantitative estimate of drug-likeness (QED) is 0.758. The Labute approximate surface area is 132 Å². The van der Waals surface area contributed by atoms with Crippen LogP contribution in [0.5, 0.6) is 0 Å². The molecule has 2 nitrogen and oxygen atoms in total. The van der Waals surface area contributed by atoms with Crippen LogP contribution in [0.15, 0.2) is 60.7 Å². The zero-order valence-corrected chi connectivity index (χ0v) is 13.0. The standard InChI is InChI=1S/2C8H8O.2ClH/c2*1-7(9)8-5-3-2-4-6-8;;/h2*2-6H,1H3;2*1H. The molecule has 0 radical (unpaired) electrons. The first kappa shape index (κ1) is 20.7. The molecule has 0 aliphatic rings. The van der Waals surface area contributed by atoms with Gasteiger partial charge in [-0.15, -0.1) is 24.8 Å². The number of ketones is 2. The molecule has 0 saturated carbocycles. The lowest BCUT2D eigenvalue weighted by molar-refractivity contribution is 0.100. The fourth-order valence-corrected chi connectivity index (χ4v) is 1.35. The number of rotatable bonds is 2. The summed E-state index contributed by atoms with van der Waals surface area (Å²) in [5, 5.41) is 0. The van der Waals surface area contributed by atoms with Crippen LogP contribution in [0.3, 0.4) is 0 Å². The Hall–Kier alpha value is -1.64. The zero-order valence-electron chi connectivity index (χ0n) is 11.4. The van der Waals surface area contributed by atoms with E-state index in [1.807, 2.05) is 60.7 Å². The van der Waals surface area contributed by atoms with Gasteiger partial charge in [0.1, 0.15) is 0 Å². The Balaban J connectivity index is 0. The first-order valence-electron chi connectivity index (χ1n) is 5.73. The molecule has 0 heterocycles. The molecule has 0 amide bonds. The summed E-state index contributed by atoms with van der Waals surface area (Å²) in [5.41, 5.74) is 1.55. The van der Waals surface area contributed by atoms with E-state index >= 15 is 0 Å². The molecular formula is C16H18Cl2O2. The predicted octanol–water partition coefficient (Wildman–Crippen LogP) is 4.62. The van der Waals surface area contributed by atoms with Crippen molar-refractivity contribution in [2.75, 3.05) is 0 Å². The van der Waals surface area contributed by atoms with E-state index in [2.05, 4.69) is 0 Å². The number of hydrogen-bond donors (Lipinski definition) is 0. The average Bonchev–Trinajstić information content (AvgIpc) is 2.41. The van der Waals surface area contributed by atoms with E-state index in [9.17, 15) is 9.59 Å². The predicted molar refractivity (Wildman–Crippen MR) is 87.4 cm³/mol.